The molecule has 2 aromatic rings. The molecule has 3 aliphatic carbocycles. The van der Waals surface area contributed by atoms with Crippen molar-refractivity contribution in [2.75, 3.05) is 19.7 Å². The number of phenols is 1. The Kier molecular flexibility index (Phi) is 6.06. The summed E-state index contributed by atoms with van der Waals surface area (Å²) in [6, 6.07) is 3.69. The van der Waals surface area contributed by atoms with Gasteiger partial charge in [0.1, 0.15) is 0 Å². The lowest BCUT2D eigenvalue weighted by Gasteiger charge is -2.62. The number of benzene rings is 1. The number of phenolic OH excluding ortho intramolecular Hbond substituents is 1. The first-order valence-electron chi connectivity index (χ1n) is 14.9. The largest absolute Gasteiger partial charge is 0.504 e. The predicted molar refractivity (Wildman–Crippen MR) is 145 cm³/mol. The van der Waals surface area contributed by atoms with Crippen molar-refractivity contribution in [3.63, 3.8) is 0 Å². The van der Waals surface area contributed by atoms with Crippen LogP contribution in [-0.4, -0.2) is 73.9 Å². The summed E-state index contributed by atoms with van der Waals surface area (Å²) in [5.74, 6) is 1.74. The Morgan fingerprint density at radius 3 is 2.75 bits per heavy atom. The fourth-order valence-electron chi connectivity index (χ4n) is 8.42. The third-order valence-electron chi connectivity index (χ3n) is 10.7. The van der Waals surface area contributed by atoms with Crippen LogP contribution in [0.15, 0.2) is 24.7 Å². The van der Waals surface area contributed by atoms with Gasteiger partial charge < -0.3 is 24.3 Å². The lowest BCUT2D eigenvalue weighted by Crippen LogP contribution is -2.76. The molecule has 6 atom stereocenters. The van der Waals surface area contributed by atoms with Crippen molar-refractivity contribution in [1.82, 2.24) is 14.5 Å². The maximum Gasteiger partial charge on any atom is 0.309 e. The van der Waals surface area contributed by atoms with Crippen LogP contribution in [-0.2, 0) is 39.6 Å². The molecule has 3 aliphatic heterocycles. The van der Waals surface area contributed by atoms with Crippen LogP contribution in [0.25, 0.3) is 0 Å². The number of aromatic hydroxyl groups is 1. The highest BCUT2D eigenvalue weighted by atomic mass is 16.5. The molecule has 40 heavy (non-hydrogen) atoms. The molecule has 4 heterocycles. The number of rotatable bonds is 5. The number of aromatic nitrogens is 2. The molecule has 2 N–H and O–H groups in total. The number of esters is 1. The van der Waals surface area contributed by atoms with Gasteiger partial charge in [0.15, 0.2) is 23.4 Å². The molecule has 9 nitrogen and oxygen atoms in total. The average molecular weight is 550 g/mol. The Balaban J connectivity index is 0.000000152. The normalized spacial score (nSPS) is 35.5. The van der Waals surface area contributed by atoms with Crippen LogP contribution >= 0.6 is 0 Å². The second kappa shape index (κ2) is 9.31. The van der Waals surface area contributed by atoms with Crippen molar-refractivity contribution in [3.8, 4) is 11.5 Å². The van der Waals surface area contributed by atoms with Gasteiger partial charge in [0.25, 0.3) is 0 Å². The standard InChI is InChI=1S/C20H23NO4.C11H16N2O2/c22-13-4-3-12-9-15-20(24)6-5-14(23)18-19(20,16(12)17(13)25-18)7-8-21(15)10-11-1-2-11;1-3-10-8(6-15-11(10)14)4-9-5-12-7-13(9)2/h3-4,11,15,18,22,24H,1-2,5-10H2;5,7-8,10H,3-4,6H2,1-2H3/t15-,18+,19+,20-;8-,10-/m10/s1. The third-order valence-corrected chi connectivity index (χ3v) is 10.7. The van der Waals surface area contributed by atoms with Crippen molar-refractivity contribution in [1.29, 1.82) is 0 Å². The van der Waals surface area contributed by atoms with Gasteiger partial charge in [-0.3, -0.25) is 14.5 Å². The molecule has 1 spiro atoms. The lowest BCUT2D eigenvalue weighted by atomic mass is 9.49. The molecule has 0 amide bonds. The van der Waals surface area contributed by atoms with Crippen LogP contribution in [0.2, 0.25) is 0 Å². The molecule has 0 radical (unpaired) electrons. The number of Topliss-reactive ketones (excluding diaryl/α,β-unsaturated/α-hetero) is 1. The van der Waals surface area contributed by atoms with Crippen LogP contribution in [0.3, 0.4) is 0 Å². The van der Waals surface area contributed by atoms with E-state index >= 15 is 0 Å². The molecule has 2 saturated carbocycles. The Hall–Kier alpha value is -2.91. The SMILES string of the molecule is CC[C@@H]1C(=O)OC[C@@H]1Cc1cncn1C.O=C1CC[C@@]2(O)[C@H]3Cc4ccc(O)c5c4[C@@]2(CCN3CC2CC2)[C@H]1O5. The zero-order valence-electron chi connectivity index (χ0n) is 23.3. The quantitative estimate of drug-likeness (QED) is 0.548. The average Bonchev–Trinajstić information content (AvgIpc) is 3.38. The van der Waals surface area contributed by atoms with E-state index in [0.29, 0.717) is 31.1 Å². The number of carbonyl (C=O) groups excluding carboxylic acids is 2. The van der Waals surface area contributed by atoms with Gasteiger partial charge in [0.2, 0.25) is 0 Å². The Bertz CT molecular complexity index is 1350. The molecule has 0 unspecified atom stereocenters. The molecule has 9 heteroatoms. The van der Waals surface area contributed by atoms with Crippen molar-refractivity contribution < 1.29 is 29.3 Å². The molecule has 4 fully saturated rings. The molecule has 2 bridgehead atoms. The van der Waals surface area contributed by atoms with E-state index in [1.54, 1.807) is 12.4 Å². The Morgan fingerprint density at radius 1 is 1.20 bits per heavy atom. The molecular weight excluding hydrogens is 510 g/mol. The highest BCUT2D eigenvalue weighted by molar-refractivity contribution is 5.90. The van der Waals surface area contributed by atoms with E-state index < -0.39 is 17.1 Å². The minimum Gasteiger partial charge on any atom is -0.504 e. The first-order valence-corrected chi connectivity index (χ1v) is 14.9. The highest BCUT2D eigenvalue weighted by Crippen LogP contribution is 2.64. The van der Waals surface area contributed by atoms with E-state index in [-0.39, 0.29) is 29.5 Å². The number of ether oxygens (including phenoxy) is 2. The highest BCUT2D eigenvalue weighted by Gasteiger charge is 2.73. The maximum atomic E-state index is 12.7. The van der Waals surface area contributed by atoms with Gasteiger partial charge in [-0.2, -0.15) is 0 Å². The summed E-state index contributed by atoms with van der Waals surface area (Å²) in [6.07, 6.45) is 9.71. The van der Waals surface area contributed by atoms with E-state index in [1.165, 1.54) is 12.8 Å². The van der Waals surface area contributed by atoms with E-state index in [4.69, 9.17) is 9.47 Å². The van der Waals surface area contributed by atoms with Crippen LogP contribution in [0.1, 0.15) is 62.3 Å². The van der Waals surface area contributed by atoms with Gasteiger partial charge in [-0.25, -0.2) is 4.98 Å². The van der Waals surface area contributed by atoms with Crippen LogP contribution in [0.4, 0.5) is 0 Å². The molecule has 2 saturated heterocycles. The summed E-state index contributed by atoms with van der Waals surface area (Å²) in [5.41, 5.74) is 1.62. The number of aryl methyl sites for hydroxylation is 1. The summed E-state index contributed by atoms with van der Waals surface area (Å²) in [6.45, 7) is 4.55. The smallest absolute Gasteiger partial charge is 0.309 e. The van der Waals surface area contributed by atoms with E-state index in [0.717, 1.165) is 61.5 Å². The molecule has 6 aliphatic rings. The number of cyclic esters (lactones) is 1. The van der Waals surface area contributed by atoms with Gasteiger partial charge in [0, 0.05) is 49.4 Å². The molecule has 8 rings (SSSR count). The summed E-state index contributed by atoms with van der Waals surface area (Å²) in [7, 11) is 1.97. The Labute approximate surface area is 234 Å². The monoisotopic (exact) mass is 549 g/mol. The van der Waals surface area contributed by atoms with Crippen LogP contribution in [0, 0.1) is 17.8 Å². The Morgan fingerprint density at radius 2 is 2.02 bits per heavy atom. The van der Waals surface area contributed by atoms with E-state index in [1.807, 2.05) is 30.8 Å². The first-order chi connectivity index (χ1) is 19.3. The van der Waals surface area contributed by atoms with Crippen molar-refractivity contribution in [2.24, 2.45) is 24.8 Å². The van der Waals surface area contributed by atoms with Crippen molar-refractivity contribution in [2.45, 2.75) is 81.5 Å². The van der Waals surface area contributed by atoms with Gasteiger partial charge in [-0.1, -0.05) is 13.0 Å². The second-order valence-corrected chi connectivity index (χ2v) is 12.8. The second-order valence-electron chi connectivity index (χ2n) is 12.8. The fraction of sp³-hybridized carbons (Fsp3) is 0.645. The van der Waals surface area contributed by atoms with E-state index in [2.05, 4.69) is 9.88 Å². The van der Waals surface area contributed by atoms with Crippen molar-refractivity contribution in [3.05, 3.63) is 41.5 Å². The third kappa shape index (κ3) is 3.69. The number of nitrogens with zero attached hydrogens (tertiary/aromatic N) is 3. The van der Waals surface area contributed by atoms with Crippen LogP contribution in [0.5, 0.6) is 11.5 Å². The summed E-state index contributed by atoms with van der Waals surface area (Å²) < 4.78 is 13.1. The van der Waals surface area contributed by atoms with Crippen LogP contribution < -0.4 is 4.74 Å². The lowest BCUT2D eigenvalue weighted by molar-refractivity contribution is -0.188. The van der Waals surface area contributed by atoms with Crippen molar-refractivity contribution >= 4 is 11.8 Å². The molecular formula is C31H39N3O6. The zero-order valence-corrected chi connectivity index (χ0v) is 23.3. The maximum absolute atomic E-state index is 12.7. The summed E-state index contributed by atoms with van der Waals surface area (Å²) >= 11 is 0. The van der Waals surface area contributed by atoms with Gasteiger partial charge >= 0.3 is 5.97 Å². The number of piperidine rings is 1. The van der Waals surface area contributed by atoms with E-state index in [9.17, 15) is 19.8 Å². The number of aliphatic hydroxyl groups is 1. The number of hydrogen-bond acceptors (Lipinski definition) is 8. The number of hydrogen-bond donors (Lipinski definition) is 2. The summed E-state index contributed by atoms with van der Waals surface area (Å²) in [5, 5.41) is 22.3. The van der Waals surface area contributed by atoms with Gasteiger partial charge in [-0.15, -0.1) is 0 Å². The summed E-state index contributed by atoms with van der Waals surface area (Å²) in [4.78, 5) is 30.6. The van der Waals surface area contributed by atoms with Gasteiger partial charge in [-0.05, 0) is 69.0 Å². The fourth-order valence-corrected chi connectivity index (χ4v) is 8.42. The van der Waals surface area contributed by atoms with Gasteiger partial charge in [0.05, 0.1) is 29.9 Å². The minimum atomic E-state index is -0.940. The predicted octanol–water partition coefficient (Wildman–Crippen LogP) is 2.69. The zero-order chi connectivity index (χ0) is 27.8. The molecule has 1 aromatic heterocycles. The number of carbonyl (C=O) groups is 2. The number of imidazole rings is 1. The minimum absolute atomic E-state index is 0.0373. The number of ketones is 1. The first kappa shape index (κ1) is 26.0. The molecule has 1 aromatic carbocycles. The topological polar surface area (TPSA) is 114 Å². The number of likely N-dealkylation sites (tertiary alicyclic amines) is 1. The molecule has 214 valence electrons.